The van der Waals surface area contributed by atoms with Crippen LogP contribution in [0.2, 0.25) is 0 Å². The Kier molecular flexibility index (Phi) is 4.67. The predicted octanol–water partition coefficient (Wildman–Crippen LogP) is 2.06. The zero-order chi connectivity index (χ0) is 14.6. The van der Waals surface area contributed by atoms with Crippen LogP contribution in [-0.2, 0) is 10.0 Å². The number of hydrogen-bond donors (Lipinski definition) is 2. The van der Waals surface area contributed by atoms with Crippen LogP contribution in [0.1, 0.15) is 25.7 Å². The van der Waals surface area contributed by atoms with E-state index >= 15 is 0 Å². The van der Waals surface area contributed by atoms with Crippen molar-refractivity contribution in [2.24, 2.45) is 0 Å². The van der Waals surface area contributed by atoms with Gasteiger partial charge in [0.25, 0.3) is 0 Å². The van der Waals surface area contributed by atoms with Gasteiger partial charge >= 0.3 is 0 Å². The minimum Gasteiger partial charge on any atom is -0.497 e. The highest BCUT2D eigenvalue weighted by Gasteiger charge is 2.17. The van der Waals surface area contributed by atoms with Crippen molar-refractivity contribution in [3.8, 4) is 5.75 Å². The molecule has 110 valence electrons. The predicted molar refractivity (Wildman–Crippen MR) is 79.1 cm³/mol. The molecule has 1 aromatic rings. The summed E-state index contributed by atoms with van der Waals surface area (Å²) < 4.78 is 31.9. The highest BCUT2D eigenvalue weighted by Crippen LogP contribution is 2.24. The molecule has 5 nitrogen and oxygen atoms in total. The van der Waals surface area contributed by atoms with Crippen LogP contribution in [-0.4, -0.2) is 22.1 Å². The lowest BCUT2D eigenvalue weighted by Gasteiger charge is -2.10. The first-order valence-electron chi connectivity index (χ1n) is 6.64. The second kappa shape index (κ2) is 6.28. The lowest BCUT2D eigenvalue weighted by atomic mass is 10.2. The van der Waals surface area contributed by atoms with E-state index in [9.17, 15) is 8.42 Å². The molecule has 1 aliphatic carbocycles. The summed E-state index contributed by atoms with van der Waals surface area (Å²) in [5, 5.41) is 0. The molecule has 0 fully saturated rings. The van der Waals surface area contributed by atoms with Gasteiger partial charge in [0, 0.05) is 12.6 Å². The van der Waals surface area contributed by atoms with E-state index in [2.05, 4.69) is 10.8 Å². The molecular formula is C14H20N2O3S. The second-order valence-electron chi connectivity index (χ2n) is 4.81. The first-order valence-corrected chi connectivity index (χ1v) is 8.12. The molecule has 0 heterocycles. The Morgan fingerprint density at radius 2 is 2.20 bits per heavy atom. The lowest BCUT2D eigenvalue weighted by Crippen LogP contribution is -2.25. The Balaban J connectivity index is 2.02. The van der Waals surface area contributed by atoms with Gasteiger partial charge < -0.3 is 10.5 Å². The van der Waals surface area contributed by atoms with Gasteiger partial charge in [-0.2, -0.15) is 0 Å². The third-order valence-corrected chi connectivity index (χ3v) is 4.91. The summed E-state index contributed by atoms with van der Waals surface area (Å²) in [5.41, 5.74) is 7.29. The van der Waals surface area contributed by atoms with Crippen molar-refractivity contribution >= 4 is 15.7 Å². The Labute approximate surface area is 119 Å². The van der Waals surface area contributed by atoms with Gasteiger partial charge in [0.2, 0.25) is 10.0 Å². The van der Waals surface area contributed by atoms with E-state index < -0.39 is 10.0 Å². The SMILES string of the molecule is COc1ccc(S(=O)(=O)NCCC2=CCCC2)c(N)c1. The number of nitrogens with two attached hydrogens (primary N) is 1. The highest BCUT2D eigenvalue weighted by molar-refractivity contribution is 7.89. The molecule has 0 unspecified atom stereocenters. The minimum atomic E-state index is -3.57. The van der Waals surface area contributed by atoms with Gasteiger partial charge in [-0.1, -0.05) is 11.6 Å². The number of nitrogens with one attached hydrogen (secondary N) is 1. The van der Waals surface area contributed by atoms with Gasteiger partial charge in [-0.05, 0) is 37.8 Å². The summed E-state index contributed by atoms with van der Waals surface area (Å²) in [6, 6.07) is 4.56. The number of benzene rings is 1. The van der Waals surface area contributed by atoms with E-state index in [1.54, 1.807) is 6.07 Å². The summed E-state index contributed by atoms with van der Waals surface area (Å²) >= 11 is 0. The Morgan fingerprint density at radius 3 is 2.80 bits per heavy atom. The van der Waals surface area contributed by atoms with Crippen molar-refractivity contribution < 1.29 is 13.2 Å². The van der Waals surface area contributed by atoms with Crippen molar-refractivity contribution in [3.63, 3.8) is 0 Å². The third-order valence-electron chi connectivity index (χ3n) is 3.38. The first-order chi connectivity index (χ1) is 9.53. The van der Waals surface area contributed by atoms with Crippen LogP contribution >= 0.6 is 0 Å². The molecule has 0 spiro atoms. The molecule has 3 N–H and O–H groups in total. The van der Waals surface area contributed by atoms with E-state index in [1.165, 1.54) is 31.2 Å². The molecule has 6 heteroatoms. The van der Waals surface area contributed by atoms with Crippen LogP contribution in [0.5, 0.6) is 5.75 Å². The maximum Gasteiger partial charge on any atom is 0.242 e. The number of sulfonamides is 1. The fraction of sp³-hybridized carbons (Fsp3) is 0.429. The first kappa shape index (κ1) is 14.9. The average Bonchev–Trinajstić information content (AvgIpc) is 2.91. The zero-order valence-corrected chi connectivity index (χ0v) is 12.4. The van der Waals surface area contributed by atoms with Gasteiger partial charge in [0.1, 0.15) is 10.6 Å². The topological polar surface area (TPSA) is 81.4 Å². The molecule has 0 bridgehead atoms. The number of methoxy groups -OCH3 is 1. The molecule has 0 atom stereocenters. The van der Waals surface area contributed by atoms with E-state index in [0.29, 0.717) is 12.3 Å². The maximum absolute atomic E-state index is 12.2. The minimum absolute atomic E-state index is 0.0960. The normalized spacial score (nSPS) is 15.2. The molecule has 0 aliphatic heterocycles. The number of nitrogen functional groups attached to an aromatic ring is 1. The summed E-state index contributed by atoms with van der Waals surface area (Å²) in [6.45, 7) is 0.402. The number of hydrogen-bond acceptors (Lipinski definition) is 4. The summed E-state index contributed by atoms with van der Waals surface area (Å²) in [6.07, 6.45) is 6.30. The lowest BCUT2D eigenvalue weighted by molar-refractivity contribution is 0.414. The van der Waals surface area contributed by atoms with Crippen molar-refractivity contribution in [2.45, 2.75) is 30.6 Å². The van der Waals surface area contributed by atoms with E-state index in [0.717, 1.165) is 19.3 Å². The van der Waals surface area contributed by atoms with Crippen LogP contribution < -0.4 is 15.2 Å². The fourth-order valence-electron chi connectivity index (χ4n) is 2.29. The quantitative estimate of drug-likeness (QED) is 0.622. The average molecular weight is 296 g/mol. The molecule has 0 saturated carbocycles. The molecule has 2 rings (SSSR count). The van der Waals surface area contributed by atoms with E-state index in [-0.39, 0.29) is 10.6 Å². The second-order valence-corrected chi connectivity index (χ2v) is 6.54. The number of rotatable bonds is 6. The molecule has 0 aromatic heterocycles. The largest absolute Gasteiger partial charge is 0.497 e. The maximum atomic E-state index is 12.2. The number of ether oxygens (including phenoxy) is 1. The van der Waals surface area contributed by atoms with Gasteiger partial charge in [0.15, 0.2) is 0 Å². The summed E-state index contributed by atoms with van der Waals surface area (Å²) in [7, 11) is -2.05. The molecule has 0 amide bonds. The fourth-order valence-corrected chi connectivity index (χ4v) is 3.43. The molecule has 1 aromatic carbocycles. The van der Waals surface area contributed by atoms with Crippen LogP contribution in [0.15, 0.2) is 34.7 Å². The van der Waals surface area contributed by atoms with Gasteiger partial charge in [-0.3, -0.25) is 0 Å². The summed E-state index contributed by atoms with van der Waals surface area (Å²) in [5.74, 6) is 0.539. The van der Waals surface area contributed by atoms with E-state index in [4.69, 9.17) is 10.5 Å². The molecular weight excluding hydrogens is 276 g/mol. The van der Waals surface area contributed by atoms with Crippen LogP contribution in [0.4, 0.5) is 5.69 Å². The molecule has 0 saturated heterocycles. The van der Waals surface area contributed by atoms with Crippen LogP contribution in [0.25, 0.3) is 0 Å². The Bertz CT molecular complexity index is 609. The number of allylic oxidation sites excluding steroid dienone is 1. The van der Waals surface area contributed by atoms with Gasteiger partial charge in [0.05, 0.1) is 12.8 Å². The van der Waals surface area contributed by atoms with Crippen LogP contribution in [0.3, 0.4) is 0 Å². The van der Waals surface area contributed by atoms with Gasteiger partial charge in [-0.25, -0.2) is 13.1 Å². The molecule has 20 heavy (non-hydrogen) atoms. The Hall–Kier alpha value is -1.53. The van der Waals surface area contributed by atoms with Crippen molar-refractivity contribution in [1.29, 1.82) is 0 Å². The number of anilines is 1. The molecule has 0 radical (unpaired) electrons. The Morgan fingerprint density at radius 1 is 1.40 bits per heavy atom. The smallest absolute Gasteiger partial charge is 0.242 e. The van der Waals surface area contributed by atoms with Crippen molar-refractivity contribution in [2.75, 3.05) is 19.4 Å². The monoisotopic (exact) mass is 296 g/mol. The third kappa shape index (κ3) is 3.52. The van der Waals surface area contributed by atoms with Gasteiger partial charge in [-0.15, -0.1) is 0 Å². The standard InChI is InChI=1S/C14H20N2O3S/c1-19-12-6-7-14(13(15)10-12)20(17,18)16-9-8-11-4-2-3-5-11/h4,6-7,10,16H,2-3,5,8-9,15H2,1H3. The zero-order valence-electron chi connectivity index (χ0n) is 11.6. The molecule has 1 aliphatic rings. The van der Waals surface area contributed by atoms with Crippen molar-refractivity contribution in [3.05, 3.63) is 29.8 Å². The van der Waals surface area contributed by atoms with E-state index in [1.807, 2.05) is 0 Å². The van der Waals surface area contributed by atoms with Crippen LogP contribution in [0, 0.1) is 0 Å². The summed E-state index contributed by atoms with van der Waals surface area (Å²) in [4.78, 5) is 0.0960. The highest BCUT2D eigenvalue weighted by atomic mass is 32.2. The van der Waals surface area contributed by atoms with Crippen molar-refractivity contribution in [1.82, 2.24) is 4.72 Å².